The zero-order chi connectivity index (χ0) is 12.8. The van der Waals surface area contributed by atoms with Gasteiger partial charge in [0.05, 0.1) is 11.6 Å². The lowest BCUT2D eigenvalue weighted by Crippen LogP contribution is -2.44. The van der Waals surface area contributed by atoms with Gasteiger partial charge in [0.1, 0.15) is 0 Å². The maximum absolute atomic E-state index is 12.1. The summed E-state index contributed by atoms with van der Waals surface area (Å²) in [6.45, 7) is 1.90. The Labute approximate surface area is 107 Å². The van der Waals surface area contributed by atoms with Gasteiger partial charge >= 0.3 is 0 Å². The Bertz CT molecular complexity index is 370. The van der Waals surface area contributed by atoms with Crippen LogP contribution in [0.2, 0.25) is 0 Å². The van der Waals surface area contributed by atoms with E-state index in [0.717, 1.165) is 38.6 Å². The molecule has 0 saturated heterocycles. The van der Waals surface area contributed by atoms with Crippen LogP contribution < -0.4 is 11.1 Å². The van der Waals surface area contributed by atoms with E-state index < -0.39 is 0 Å². The molecule has 1 aliphatic carbocycles. The quantitative estimate of drug-likeness (QED) is 0.712. The van der Waals surface area contributed by atoms with Crippen molar-refractivity contribution in [3.63, 3.8) is 0 Å². The van der Waals surface area contributed by atoms with Crippen LogP contribution >= 0.6 is 0 Å². The molecule has 0 radical (unpaired) electrons. The number of nitrogens with one attached hydrogen (secondary N) is 1. The van der Waals surface area contributed by atoms with E-state index in [4.69, 9.17) is 5.73 Å². The number of aromatic nitrogens is 3. The second-order valence-corrected chi connectivity index (χ2v) is 4.97. The zero-order valence-electron chi connectivity index (χ0n) is 10.6. The number of rotatable bonds is 6. The molecular formula is C12H21N5O. The molecule has 1 heterocycles. The Morgan fingerprint density at radius 3 is 2.83 bits per heavy atom. The van der Waals surface area contributed by atoms with Crippen LogP contribution in [0.5, 0.6) is 0 Å². The largest absolute Gasteiger partial charge is 0.356 e. The topological polar surface area (TPSA) is 85.8 Å². The van der Waals surface area contributed by atoms with Crippen LogP contribution in [-0.2, 0) is 11.3 Å². The van der Waals surface area contributed by atoms with E-state index in [1.165, 1.54) is 0 Å². The molecule has 1 aliphatic rings. The van der Waals surface area contributed by atoms with Crippen LogP contribution in [0.4, 0.5) is 0 Å². The molecule has 0 aromatic carbocycles. The minimum absolute atomic E-state index is 0.126. The van der Waals surface area contributed by atoms with Gasteiger partial charge in [-0.2, -0.15) is 0 Å². The number of amides is 1. The van der Waals surface area contributed by atoms with Gasteiger partial charge in [-0.25, -0.2) is 0 Å². The van der Waals surface area contributed by atoms with E-state index in [9.17, 15) is 4.79 Å². The number of nitrogens with zero attached hydrogens (tertiary/aromatic N) is 3. The van der Waals surface area contributed by atoms with Gasteiger partial charge < -0.3 is 11.1 Å². The van der Waals surface area contributed by atoms with Crippen molar-refractivity contribution in [2.24, 2.45) is 11.1 Å². The molecule has 100 valence electrons. The third-order valence-electron chi connectivity index (χ3n) is 3.75. The Kier molecular flexibility index (Phi) is 4.30. The van der Waals surface area contributed by atoms with E-state index in [1.807, 2.05) is 6.20 Å². The molecule has 1 aromatic heterocycles. The van der Waals surface area contributed by atoms with Crippen molar-refractivity contribution in [2.75, 3.05) is 13.1 Å². The first-order valence-corrected chi connectivity index (χ1v) is 6.59. The molecule has 0 bridgehead atoms. The molecule has 1 saturated carbocycles. The minimum atomic E-state index is -0.298. The molecule has 6 nitrogen and oxygen atoms in total. The summed E-state index contributed by atoms with van der Waals surface area (Å²) >= 11 is 0. The van der Waals surface area contributed by atoms with Crippen LogP contribution in [0.1, 0.15) is 32.1 Å². The SMILES string of the molecule is NCC1(C(=O)NCCCn2ccnn2)CCCC1. The fraction of sp³-hybridized carbons (Fsp3) is 0.750. The van der Waals surface area contributed by atoms with Gasteiger partial charge in [0.2, 0.25) is 5.91 Å². The van der Waals surface area contributed by atoms with E-state index in [2.05, 4.69) is 15.6 Å². The Morgan fingerprint density at radius 1 is 1.44 bits per heavy atom. The second kappa shape index (κ2) is 5.95. The average molecular weight is 251 g/mol. The van der Waals surface area contributed by atoms with E-state index in [-0.39, 0.29) is 11.3 Å². The number of hydrogen-bond acceptors (Lipinski definition) is 4. The van der Waals surface area contributed by atoms with Crippen molar-refractivity contribution in [1.82, 2.24) is 20.3 Å². The van der Waals surface area contributed by atoms with Gasteiger partial charge in [0.15, 0.2) is 0 Å². The molecule has 1 fully saturated rings. The summed E-state index contributed by atoms with van der Waals surface area (Å²) in [5.74, 6) is 0.126. The summed E-state index contributed by atoms with van der Waals surface area (Å²) in [6, 6.07) is 0. The third-order valence-corrected chi connectivity index (χ3v) is 3.75. The standard InChI is InChI=1S/C12H21N5O/c13-10-12(4-1-2-5-12)11(18)14-6-3-8-17-9-7-15-16-17/h7,9H,1-6,8,10,13H2,(H,14,18). The lowest BCUT2D eigenvalue weighted by molar-refractivity contribution is -0.130. The van der Waals surface area contributed by atoms with E-state index in [0.29, 0.717) is 13.1 Å². The molecule has 18 heavy (non-hydrogen) atoms. The van der Waals surface area contributed by atoms with Gasteiger partial charge in [-0.05, 0) is 19.3 Å². The van der Waals surface area contributed by atoms with Gasteiger partial charge in [0, 0.05) is 25.8 Å². The maximum atomic E-state index is 12.1. The number of carbonyl (C=O) groups excluding carboxylic acids is 1. The van der Waals surface area contributed by atoms with Crippen molar-refractivity contribution < 1.29 is 4.79 Å². The molecule has 6 heteroatoms. The fourth-order valence-electron chi connectivity index (χ4n) is 2.56. The first-order chi connectivity index (χ1) is 8.77. The highest BCUT2D eigenvalue weighted by molar-refractivity contribution is 5.83. The Balaban J connectivity index is 1.71. The van der Waals surface area contributed by atoms with E-state index >= 15 is 0 Å². The lowest BCUT2D eigenvalue weighted by Gasteiger charge is -2.25. The molecule has 2 rings (SSSR count). The molecule has 0 atom stereocenters. The summed E-state index contributed by atoms with van der Waals surface area (Å²) in [7, 11) is 0. The van der Waals surface area contributed by atoms with E-state index in [1.54, 1.807) is 10.9 Å². The number of hydrogen-bond donors (Lipinski definition) is 2. The molecule has 3 N–H and O–H groups in total. The lowest BCUT2D eigenvalue weighted by atomic mass is 9.85. The predicted molar refractivity (Wildman–Crippen MR) is 67.6 cm³/mol. The van der Waals surface area contributed by atoms with Crippen molar-refractivity contribution in [2.45, 2.75) is 38.6 Å². The van der Waals surface area contributed by atoms with Crippen molar-refractivity contribution in [1.29, 1.82) is 0 Å². The molecule has 0 spiro atoms. The summed E-state index contributed by atoms with van der Waals surface area (Å²) in [5, 5.41) is 10.6. The predicted octanol–water partition coefficient (Wildman–Crippen LogP) is 0.303. The summed E-state index contributed by atoms with van der Waals surface area (Å²) in [4.78, 5) is 12.1. The maximum Gasteiger partial charge on any atom is 0.227 e. The smallest absolute Gasteiger partial charge is 0.227 e. The molecular weight excluding hydrogens is 230 g/mol. The molecule has 1 amide bonds. The van der Waals surface area contributed by atoms with Gasteiger partial charge in [-0.15, -0.1) is 5.10 Å². The second-order valence-electron chi connectivity index (χ2n) is 4.97. The Hall–Kier alpha value is -1.43. The highest BCUT2D eigenvalue weighted by Crippen LogP contribution is 2.37. The highest BCUT2D eigenvalue weighted by Gasteiger charge is 2.39. The fourth-order valence-corrected chi connectivity index (χ4v) is 2.56. The summed E-state index contributed by atoms with van der Waals surface area (Å²) in [5.41, 5.74) is 5.47. The zero-order valence-corrected chi connectivity index (χ0v) is 10.6. The van der Waals surface area contributed by atoms with Crippen molar-refractivity contribution in [3.8, 4) is 0 Å². The molecule has 0 aliphatic heterocycles. The monoisotopic (exact) mass is 251 g/mol. The first-order valence-electron chi connectivity index (χ1n) is 6.59. The molecule has 1 aromatic rings. The van der Waals surface area contributed by atoms with Crippen LogP contribution in [0, 0.1) is 5.41 Å². The van der Waals surface area contributed by atoms with Crippen molar-refractivity contribution in [3.05, 3.63) is 12.4 Å². The van der Waals surface area contributed by atoms with Gasteiger partial charge in [-0.3, -0.25) is 9.48 Å². The van der Waals surface area contributed by atoms with Crippen LogP contribution in [0.25, 0.3) is 0 Å². The van der Waals surface area contributed by atoms with Crippen LogP contribution in [0.3, 0.4) is 0 Å². The normalized spacial score (nSPS) is 17.8. The number of aryl methyl sites for hydroxylation is 1. The van der Waals surface area contributed by atoms with Gasteiger partial charge in [-0.1, -0.05) is 18.1 Å². The highest BCUT2D eigenvalue weighted by atomic mass is 16.2. The Morgan fingerprint density at radius 2 is 2.22 bits per heavy atom. The minimum Gasteiger partial charge on any atom is -0.356 e. The number of carbonyl (C=O) groups is 1. The summed E-state index contributed by atoms with van der Waals surface area (Å²) in [6.07, 6.45) is 8.42. The third kappa shape index (κ3) is 2.87. The number of nitrogens with two attached hydrogens (primary N) is 1. The average Bonchev–Trinajstić information content (AvgIpc) is 3.05. The first kappa shape index (κ1) is 13.0. The van der Waals surface area contributed by atoms with Crippen LogP contribution in [-0.4, -0.2) is 34.0 Å². The van der Waals surface area contributed by atoms with Crippen molar-refractivity contribution >= 4 is 5.91 Å². The molecule has 0 unspecified atom stereocenters. The van der Waals surface area contributed by atoms with Crippen LogP contribution in [0.15, 0.2) is 12.4 Å². The van der Waals surface area contributed by atoms with Gasteiger partial charge in [0.25, 0.3) is 0 Å². The summed E-state index contributed by atoms with van der Waals surface area (Å²) < 4.78 is 1.76.